The van der Waals surface area contributed by atoms with E-state index in [4.69, 9.17) is 0 Å². The molecule has 1 aliphatic rings. The molecule has 9 heteroatoms. The van der Waals surface area contributed by atoms with E-state index in [2.05, 4.69) is 31.6 Å². The van der Waals surface area contributed by atoms with Gasteiger partial charge in [-0.1, -0.05) is 23.9 Å². The van der Waals surface area contributed by atoms with Gasteiger partial charge in [0.05, 0.1) is 11.3 Å². The van der Waals surface area contributed by atoms with Crippen LogP contribution in [-0.2, 0) is 0 Å². The average molecular weight is 543 g/mol. The summed E-state index contributed by atoms with van der Waals surface area (Å²) in [5.41, 5.74) is 1.77. The zero-order valence-electron chi connectivity index (χ0n) is 16.5. The van der Waals surface area contributed by atoms with Crippen molar-refractivity contribution in [2.45, 2.75) is 29.6 Å². The molecule has 156 valence electrons. The maximum Gasteiger partial charge on any atom is 0.191 e. The molecule has 0 aliphatic carbocycles. The standard InChI is InChI=1S/C20H26N6S2.HI/c1-22-19(23-9-5-12-27-20-24-10-13-28-20)25-17-7-4-11-26(15-17)18-8-3-2-6-16(18)14-21;/h2-3,6,8,10,13,17H,4-5,7,9,11-12,15H2,1H3,(H2,22,23,25);1H. The van der Waals surface area contributed by atoms with E-state index < -0.39 is 0 Å². The van der Waals surface area contributed by atoms with Gasteiger partial charge in [-0.25, -0.2) is 4.98 Å². The van der Waals surface area contributed by atoms with Crippen LogP contribution in [0.25, 0.3) is 0 Å². The first-order valence-corrected chi connectivity index (χ1v) is 11.4. The summed E-state index contributed by atoms with van der Waals surface area (Å²) in [7, 11) is 1.81. The summed E-state index contributed by atoms with van der Waals surface area (Å²) in [4.78, 5) is 11.0. The van der Waals surface area contributed by atoms with Crippen molar-refractivity contribution in [1.29, 1.82) is 5.26 Å². The Hall–Kier alpha value is -1.51. The average Bonchev–Trinajstić information content (AvgIpc) is 3.26. The zero-order valence-corrected chi connectivity index (χ0v) is 20.5. The second-order valence-electron chi connectivity index (χ2n) is 6.56. The van der Waals surface area contributed by atoms with Crippen LogP contribution in [0.4, 0.5) is 5.69 Å². The monoisotopic (exact) mass is 542 g/mol. The van der Waals surface area contributed by atoms with Crippen molar-refractivity contribution in [2.75, 3.05) is 37.3 Å². The predicted molar refractivity (Wildman–Crippen MR) is 134 cm³/mol. The maximum atomic E-state index is 9.37. The van der Waals surface area contributed by atoms with E-state index in [1.165, 1.54) is 0 Å². The van der Waals surface area contributed by atoms with Crippen LogP contribution in [0.5, 0.6) is 0 Å². The molecule has 1 saturated heterocycles. The smallest absolute Gasteiger partial charge is 0.191 e. The molecule has 2 aromatic rings. The molecule has 6 nitrogen and oxygen atoms in total. The highest BCUT2D eigenvalue weighted by Gasteiger charge is 2.22. The number of nitrogens with zero attached hydrogens (tertiary/aromatic N) is 4. The van der Waals surface area contributed by atoms with E-state index in [1.54, 1.807) is 23.1 Å². The molecular formula is C20H27IN6S2. The number of anilines is 1. The van der Waals surface area contributed by atoms with Crippen molar-refractivity contribution >= 4 is 58.7 Å². The number of nitriles is 1. The molecule has 1 atom stereocenters. The summed E-state index contributed by atoms with van der Waals surface area (Å²) in [6.07, 6.45) is 5.10. The molecule has 1 fully saturated rings. The molecule has 1 aliphatic heterocycles. The maximum absolute atomic E-state index is 9.37. The van der Waals surface area contributed by atoms with Gasteiger partial charge in [-0.15, -0.1) is 35.3 Å². The summed E-state index contributed by atoms with van der Waals surface area (Å²) < 4.78 is 1.13. The van der Waals surface area contributed by atoms with E-state index in [9.17, 15) is 5.26 Å². The molecule has 1 unspecified atom stereocenters. The fraction of sp³-hybridized carbons (Fsp3) is 0.450. The van der Waals surface area contributed by atoms with Crippen LogP contribution >= 0.6 is 47.1 Å². The Labute approximate surface area is 198 Å². The molecule has 2 heterocycles. The molecule has 2 N–H and O–H groups in total. The molecule has 0 radical (unpaired) electrons. The van der Waals surface area contributed by atoms with Crippen LogP contribution in [-0.4, -0.2) is 49.4 Å². The first-order chi connectivity index (χ1) is 13.8. The van der Waals surface area contributed by atoms with Crippen LogP contribution in [0, 0.1) is 11.3 Å². The first kappa shape index (κ1) is 23.8. The molecule has 29 heavy (non-hydrogen) atoms. The Morgan fingerprint density at radius 2 is 2.31 bits per heavy atom. The van der Waals surface area contributed by atoms with Gasteiger partial charge in [-0.2, -0.15) is 5.26 Å². The van der Waals surface area contributed by atoms with Crippen molar-refractivity contribution in [1.82, 2.24) is 15.6 Å². The summed E-state index contributed by atoms with van der Waals surface area (Å²) in [5, 5.41) is 18.3. The third-order valence-corrected chi connectivity index (χ3v) is 6.65. The third kappa shape index (κ3) is 7.35. The van der Waals surface area contributed by atoms with Gasteiger partial charge in [0.15, 0.2) is 5.96 Å². The first-order valence-electron chi connectivity index (χ1n) is 9.53. The highest BCUT2D eigenvalue weighted by molar-refractivity contribution is 14.0. The Bertz CT molecular complexity index is 806. The zero-order chi connectivity index (χ0) is 19.6. The molecule has 0 amide bonds. The van der Waals surface area contributed by atoms with Crippen LogP contribution in [0.2, 0.25) is 0 Å². The predicted octanol–water partition coefficient (Wildman–Crippen LogP) is 3.95. The van der Waals surface area contributed by atoms with E-state index in [0.717, 1.165) is 66.2 Å². The van der Waals surface area contributed by atoms with E-state index in [0.29, 0.717) is 6.04 Å². The summed E-state index contributed by atoms with van der Waals surface area (Å²) in [6, 6.07) is 10.5. The third-order valence-electron chi connectivity index (χ3n) is 4.60. The molecule has 0 spiro atoms. The number of hydrogen-bond donors (Lipinski definition) is 2. The van der Waals surface area contributed by atoms with Crippen LogP contribution in [0.1, 0.15) is 24.8 Å². The molecule has 0 bridgehead atoms. The van der Waals surface area contributed by atoms with Gasteiger partial charge in [-0.3, -0.25) is 4.99 Å². The quantitative estimate of drug-likeness (QED) is 0.182. The minimum atomic E-state index is 0. The highest BCUT2D eigenvalue weighted by Crippen LogP contribution is 2.23. The summed E-state index contributed by atoms with van der Waals surface area (Å²) in [5.74, 6) is 1.89. The minimum absolute atomic E-state index is 0. The normalized spacial score (nSPS) is 16.6. The van der Waals surface area contributed by atoms with Gasteiger partial charge in [0.1, 0.15) is 10.4 Å². The lowest BCUT2D eigenvalue weighted by Crippen LogP contribution is -2.51. The Kier molecular flexibility index (Phi) is 10.6. The Morgan fingerprint density at radius 1 is 1.45 bits per heavy atom. The van der Waals surface area contributed by atoms with Crippen LogP contribution < -0.4 is 15.5 Å². The molecule has 0 saturated carbocycles. The van der Waals surface area contributed by atoms with E-state index in [-0.39, 0.29) is 24.0 Å². The van der Waals surface area contributed by atoms with Crippen molar-refractivity contribution < 1.29 is 0 Å². The number of thiazole rings is 1. The molecule has 3 rings (SSSR count). The number of guanidine groups is 1. The summed E-state index contributed by atoms with van der Waals surface area (Å²) in [6.45, 7) is 2.74. The topological polar surface area (TPSA) is 76.3 Å². The van der Waals surface area contributed by atoms with Crippen LogP contribution in [0.3, 0.4) is 0 Å². The number of hydrogen-bond acceptors (Lipinski definition) is 6. The van der Waals surface area contributed by atoms with Crippen molar-refractivity contribution in [3.63, 3.8) is 0 Å². The number of para-hydroxylation sites is 1. The van der Waals surface area contributed by atoms with E-state index in [1.807, 2.05) is 42.9 Å². The number of rotatable bonds is 7. The fourth-order valence-corrected chi connectivity index (χ4v) is 4.91. The largest absolute Gasteiger partial charge is 0.368 e. The van der Waals surface area contributed by atoms with Gasteiger partial charge in [0.2, 0.25) is 0 Å². The Morgan fingerprint density at radius 3 is 3.07 bits per heavy atom. The number of nitrogens with one attached hydrogen (secondary N) is 2. The second kappa shape index (κ2) is 12.9. The number of benzene rings is 1. The van der Waals surface area contributed by atoms with Gasteiger partial charge in [0.25, 0.3) is 0 Å². The minimum Gasteiger partial charge on any atom is -0.368 e. The van der Waals surface area contributed by atoms with Crippen molar-refractivity contribution in [3.8, 4) is 6.07 Å². The number of aromatic nitrogens is 1. The number of thioether (sulfide) groups is 1. The van der Waals surface area contributed by atoms with Gasteiger partial charge in [0, 0.05) is 50.1 Å². The number of piperidine rings is 1. The van der Waals surface area contributed by atoms with Gasteiger partial charge < -0.3 is 15.5 Å². The molecule has 1 aromatic carbocycles. The SMILES string of the molecule is CN=C(NCCCSc1nccs1)NC1CCCN(c2ccccc2C#N)C1.I. The second-order valence-corrected chi connectivity index (χ2v) is 8.79. The molecular weight excluding hydrogens is 515 g/mol. The molecule has 1 aromatic heterocycles. The highest BCUT2D eigenvalue weighted by atomic mass is 127. The van der Waals surface area contributed by atoms with Crippen LogP contribution in [0.15, 0.2) is 45.2 Å². The van der Waals surface area contributed by atoms with Crippen molar-refractivity contribution in [2.24, 2.45) is 4.99 Å². The lowest BCUT2D eigenvalue weighted by molar-refractivity contribution is 0.468. The lowest BCUT2D eigenvalue weighted by atomic mass is 10.0. The van der Waals surface area contributed by atoms with E-state index >= 15 is 0 Å². The lowest BCUT2D eigenvalue weighted by Gasteiger charge is -2.35. The fourth-order valence-electron chi connectivity index (χ4n) is 3.27. The van der Waals surface area contributed by atoms with Crippen molar-refractivity contribution in [3.05, 3.63) is 41.4 Å². The van der Waals surface area contributed by atoms with Gasteiger partial charge in [-0.05, 0) is 31.4 Å². The summed E-state index contributed by atoms with van der Waals surface area (Å²) >= 11 is 3.48. The Balaban J connectivity index is 0.00000300. The number of aliphatic imine (C=N–C) groups is 1. The number of halogens is 1. The van der Waals surface area contributed by atoms with Gasteiger partial charge >= 0.3 is 0 Å².